The topological polar surface area (TPSA) is 40.5 Å². The van der Waals surface area contributed by atoms with Gasteiger partial charge in [0.15, 0.2) is 0 Å². The summed E-state index contributed by atoms with van der Waals surface area (Å²) in [6.45, 7) is 9.30. The molecule has 0 bridgehead atoms. The van der Waals surface area contributed by atoms with Gasteiger partial charge < -0.3 is 5.11 Å². The summed E-state index contributed by atoms with van der Waals surface area (Å²) in [5, 5.41) is 9.24. The Morgan fingerprint density at radius 1 is 1.40 bits per heavy atom. The van der Waals surface area contributed by atoms with Crippen molar-refractivity contribution in [2.75, 3.05) is 6.54 Å². The summed E-state index contributed by atoms with van der Waals surface area (Å²) in [6, 6.07) is 0.0877. The molecule has 1 saturated heterocycles. The molecule has 1 N–H and O–H groups in total. The summed E-state index contributed by atoms with van der Waals surface area (Å²) >= 11 is 0. The SMILES string of the molecule is CC1CCN(C(C(=O)O)C(C)C)C(C)C1. The van der Waals surface area contributed by atoms with Crippen molar-refractivity contribution >= 4 is 5.97 Å². The van der Waals surface area contributed by atoms with Gasteiger partial charge in [0, 0.05) is 6.04 Å². The van der Waals surface area contributed by atoms with E-state index in [1.807, 2.05) is 13.8 Å². The maximum atomic E-state index is 11.2. The van der Waals surface area contributed by atoms with E-state index in [0.29, 0.717) is 6.04 Å². The largest absolute Gasteiger partial charge is 0.480 e. The Morgan fingerprint density at radius 2 is 2.00 bits per heavy atom. The van der Waals surface area contributed by atoms with Crippen molar-refractivity contribution in [2.45, 2.75) is 52.6 Å². The van der Waals surface area contributed by atoms with Crippen LogP contribution in [0.25, 0.3) is 0 Å². The normalized spacial score (nSPS) is 30.5. The molecular formula is C12H23NO2. The molecule has 1 aliphatic heterocycles. The number of aliphatic carboxylic acids is 1. The van der Waals surface area contributed by atoms with Gasteiger partial charge in [-0.3, -0.25) is 9.69 Å². The Hall–Kier alpha value is -0.570. The molecule has 0 aromatic carbocycles. The second-order valence-corrected chi connectivity index (χ2v) is 5.24. The van der Waals surface area contributed by atoms with Crippen LogP contribution < -0.4 is 0 Å². The number of nitrogens with zero attached hydrogens (tertiary/aromatic N) is 1. The van der Waals surface area contributed by atoms with Crippen LogP contribution >= 0.6 is 0 Å². The smallest absolute Gasteiger partial charge is 0.321 e. The third-order valence-electron chi connectivity index (χ3n) is 3.43. The highest BCUT2D eigenvalue weighted by Crippen LogP contribution is 2.26. The van der Waals surface area contributed by atoms with E-state index in [1.54, 1.807) is 0 Å². The lowest BCUT2D eigenvalue weighted by molar-refractivity contribution is -0.147. The number of hydrogen-bond acceptors (Lipinski definition) is 2. The minimum atomic E-state index is -0.675. The maximum absolute atomic E-state index is 11.2. The monoisotopic (exact) mass is 213 g/mol. The first-order valence-electron chi connectivity index (χ1n) is 5.92. The molecule has 1 aliphatic rings. The standard InChI is InChI=1S/C12H23NO2/c1-8(2)11(12(14)15)13-6-5-9(3)7-10(13)4/h8-11H,5-7H2,1-4H3,(H,14,15). The van der Waals surface area contributed by atoms with Crippen LogP contribution in [0.3, 0.4) is 0 Å². The van der Waals surface area contributed by atoms with Crippen molar-refractivity contribution in [3.63, 3.8) is 0 Å². The summed E-state index contributed by atoms with van der Waals surface area (Å²) in [5.41, 5.74) is 0. The van der Waals surface area contributed by atoms with Gasteiger partial charge in [-0.05, 0) is 38.1 Å². The van der Waals surface area contributed by atoms with Crippen molar-refractivity contribution in [2.24, 2.45) is 11.8 Å². The first-order chi connectivity index (χ1) is 6.93. The Balaban J connectivity index is 2.71. The molecule has 0 saturated carbocycles. The lowest BCUT2D eigenvalue weighted by Gasteiger charge is -2.41. The molecule has 88 valence electrons. The van der Waals surface area contributed by atoms with Crippen LogP contribution in [-0.4, -0.2) is 34.6 Å². The number of carbonyl (C=O) groups is 1. The van der Waals surface area contributed by atoms with Gasteiger partial charge in [-0.1, -0.05) is 20.8 Å². The molecule has 0 aromatic rings. The van der Waals surface area contributed by atoms with Crippen LogP contribution in [0.5, 0.6) is 0 Å². The van der Waals surface area contributed by atoms with E-state index < -0.39 is 5.97 Å². The van der Waals surface area contributed by atoms with Crippen LogP contribution in [0, 0.1) is 11.8 Å². The molecule has 15 heavy (non-hydrogen) atoms. The molecule has 3 nitrogen and oxygen atoms in total. The second-order valence-electron chi connectivity index (χ2n) is 5.24. The van der Waals surface area contributed by atoms with Gasteiger partial charge in [0.2, 0.25) is 0 Å². The van der Waals surface area contributed by atoms with E-state index in [-0.39, 0.29) is 12.0 Å². The first-order valence-corrected chi connectivity index (χ1v) is 5.92. The average Bonchev–Trinajstić information content (AvgIpc) is 2.08. The Morgan fingerprint density at radius 3 is 2.40 bits per heavy atom. The molecule has 0 aliphatic carbocycles. The number of carboxylic acids is 1. The zero-order valence-corrected chi connectivity index (χ0v) is 10.2. The van der Waals surface area contributed by atoms with Crippen LogP contribution in [-0.2, 0) is 4.79 Å². The van der Waals surface area contributed by atoms with E-state index in [9.17, 15) is 9.90 Å². The van der Waals surface area contributed by atoms with E-state index >= 15 is 0 Å². The summed E-state index contributed by atoms with van der Waals surface area (Å²) in [5.74, 6) is 0.239. The fraction of sp³-hybridized carbons (Fsp3) is 0.917. The number of carboxylic acid groups (broad SMARTS) is 1. The number of piperidine rings is 1. The molecule has 0 aromatic heterocycles. The van der Waals surface area contributed by atoms with Gasteiger partial charge in [-0.15, -0.1) is 0 Å². The predicted octanol–water partition coefficient (Wildman–Crippen LogP) is 2.22. The molecule has 1 rings (SSSR count). The van der Waals surface area contributed by atoms with E-state index in [2.05, 4.69) is 18.7 Å². The zero-order valence-electron chi connectivity index (χ0n) is 10.2. The summed E-state index contributed by atoms with van der Waals surface area (Å²) in [6.07, 6.45) is 2.25. The van der Waals surface area contributed by atoms with Gasteiger partial charge in [0.05, 0.1) is 0 Å². The molecule has 3 heteroatoms. The van der Waals surface area contributed by atoms with Crippen molar-refractivity contribution in [3.8, 4) is 0 Å². The maximum Gasteiger partial charge on any atom is 0.321 e. The lowest BCUT2D eigenvalue weighted by Crippen LogP contribution is -2.52. The van der Waals surface area contributed by atoms with Crippen molar-refractivity contribution < 1.29 is 9.90 Å². The van der Waals surface area contributed by atoms with E-state index in [4.69, 9.17) is 0 Å². The number of likely N-dealkylation sites (tertiary alicyclic amines) is 1. The Bertz CT molecular complexity index is 228. The third-order valence-corrected chi connectivity index (χ3v) is 3.43. The van der Waals surface area contributed by atoms with Crippen LogP contribution in [0.4, 0.5) is 0 Å². The summed E-state index contributed by atoms with van der Waals surface area (Å²) < 4.78 is 0. The molecule has 3 unspecified atom stereocenters. The van der Waals surface area contributed by atoms with Gasteiger partial charge in [-0.2, -0.15) is 0 Å². The Kier molecular flexibility index (Phi) is 4.14. The van der Waals surface area contributed by atoms with Crippen LogP contribution in [0.1, 0.15) is 40.5 Å². The van der Waals surface area contributed by atoms with Crippen LogP contribution in [0.2, 0.25) is 0 Å². The summed E-state index contributed by atoms with van der Waals surface area (Å²) in [4.78, 5) is 13.4. The van der Waals surface area contributed by atoms with Crippen molar-refractivity contribution in [1.82, 2.24) is 4.90 Å². The van der Waals surface area contributed by atoms with Crippen molar-refractivity contribution in [3.05, 3.63) is 0 Å². The molecule has 0 radical (unpaired) electrons. The first kappa shape index (κ1) is 12.5. The molecular weight excluding hydrogens is 190 g/mol. The highest BCUT2D eigenvalue weighted by Gasteiger charge is 2.34. The minimum Gasteiger partial charge on any atom is -0.480 e. The highest BCUT2D eigenvalue weighted by atomic mass is 16.4. The van der Waals surface area contributed by atoms with E-state index in [1.165, 1.54) is 0 Å². The van der Waals surface area contributed by atoms with Crippen molar-refractivity contribution in [1.29, 1.82) is 0 Å². The summed E-state index contributed by atoms with van der Waals surface area (Å²) in [7, 11) is 0. The number of hydrogen-bond donors (Lipinski definition) is 1. The zero-order chi connectivity index (χ0) is 11.6. The van der Waals surface area contributed by atoms with Gasteiger partial charge in [0.25, 0.3) is 0 Å². The molecule has 0 spiro atoms. The molecule has 3 atom stereocenters. The number of rotatable bonds is 3. The van der Waals surface area contributed by atoms with Gasteiger partial charge in [-0.25, -0.2) is 0 Å². The van der Waals surface area contributed by atoms with E-state index in [0.717, 1.165) is 25.3 Å². The van der Waals surface area contributed by atoms with Gasteiger partial charge in [0.1, 0.15) is 6.04 Å². The van der Waals surface area contributed by atoms with Gasteiger partial charge >= 0.3 is 5.97 Å². The molecule has 0 amide bonds. The second kappa shape index (κ2) is 4.97. The quantitative estimate of drug-likeness (QED) is 0.781. The molecule has 1 fully saturated rings. The third kappa shape index (κ3) is 2.94. The highest BCUT2D eigenvalue weighted by molar-refractivity contribution is 5.73. The predicted molar refractivity (Wildman–Crippen MR) is 60.8 cm³/mol. The fourth-order valence-corrected chi connectivity index (χ4v) is 2.65. The Labute approximate surface area is 92.5 Å². The lowest BCUT2D eigenvalue weighted by atomic mass is 9.90. The average molecular weight is 213 g/mol. The minimum absolute atomic E-state index is 0.179. The van der Waals surface area contributed by atoms with Crippen LogP contribution in [0.15, 0.2) is 0 Å². The molecule has 1 heterocycles. The fourth-order valence-electron chi connectivity index (χ4n) is 2.65.